The first kappa shape index (κ1) is 16.3. The number of carbonyl (C=O) groups is 1. The Morgan fingerprint density at radius 3 is 2.91 bits per heavy atom. The Labute approximate surface area is 136 Å². The number of rotatable bonds is 4. The molecule has 1 unspecified atom stereocenters. The summed E-state index contributed by atoms with van der Waals surface area (Å²) in [6, 6.07) is 4.31. The summed E-state index contributed by atoms with van der Waals surface area (Å²) in [6.45, 7) is 5.21. The van der Waals surface area contributed by atoms with Crippen LogP contribution in [0.5, 0.6) is 5.75 Å². The molecular weight excluding hydrogens is 316 g/mol. The molecule has 0 saturated carbocycles. The smallest absolute Gasteiger partial charge is 0.243 e. The van der Waals surface area contributed by atoms with E-state index in [4.69, 9.17) is 4.74 Å². The molecule has 1 saturated heterocycles. The van der Waals surface area contributed by atoms with E-state index in [2.05, 4.69) is 5.32 Å². The fourth-order valence-corrected chi connectivity index (χ4v) is 4.76. The van der Waals surface area contributed by atoms with Crippen LogP contribution in [0.4, 0.5) is 0 Å². The summed E-state index contributed by atoms with van der Waals surface area (Å²) >= 11 is 0. The molecule has 7 heteroatoms. The molecule has 0 spiro atoms. The molecule has 1 N–H and O–H groups in total. The Hall–Kier alpha value is -1.60. The predicted molar refractivity (Wildman–Crippen MR) is 85.8 cm³/mol. The second-order valence-corrected chi connectivity index (χ2v) is 8.31. The van der Waals surface area contributed by atoms with E-state index >= 15 is 0 Å². The van der Waals surface area contributed by atoms with Crippen LogP contribution in [0.1, 0.15) is 25.8 Å². The van der Waals surface area contributed by atoms with Gasteiger partial charge in [-0.1, -0.05) is 13.8 Å². The molecule has 2 aliphatic rings. The normalized spacial score (nSPS) is 21.9. The first-order valence-corrected chi connectivity index (χ1v) is 9.39. The lowest BCUT2D eigenvalue weighted by molar-refractivity contribution is -0.127. The number of carbonyl (C=O) groups excluding carboxylic acids is 1. The highest BCUT2D eigenvalue weighted by Gasteiger charge is 2.38. The number of piperazine rings is 1. The fourth-order valence-electron chi connectivity index (χ4n) is 3.11. The van der Waals surface area contributed by atoms with Crippen LogP contribution in [0, 0.1) is 5.92 Å². The summed E-state index contributed by atoms with van der Waals surface area (Å²) < 4.78 is 32.8. The molecule has 0 bridgehead atoms. The zero-order chi connectivity index (χ0) is 16.6. The van der Waals surface area contributed by atoms with Crippen molar-refractivity contribution in [3.63, 3.8) is 0 Å². The summed E-state index contributed by atoms with van der Waals surface area (Å²) in [5.41, 5.74) is 0.910. The molecule has 1 aromatic carbocycles. The van der Waals surface area contributed by atoms with Gasteiger partial charge in [0.25, 0.3) is 0 Å². The van der Waals surface area contributed by atoms with Gasteiger partial charge in [-0.25, -0.2) is 8.42 Å². The van der Waals surface area contributed by atoms with E-state index in [-0.39, 0.29) is 16.7 Å². The van der Waals surface area contributed by atoms with E-state index in [0.29, 0.717) is 32.5 Å². The molecule has 1 amide bonds. The fraction of sp³-hybridized carbons (Fsp3) is 0.562. The van der Waals surface area contributed by atoms with Crippen LogP contribution < -0.4 is 10.1 Å². The lowest BCUT2D eigenvalue weighted by Crippen LogP contribution is -2.57. The lowest BCUT2D eigenvalue weighted by atomic mass is 10.0. The molecule has 2 heterocycles. The Bertz CT molecular complexity index is 715. The molecule has 23 heavy (non-hydrogen) atoms. The summed E-state index contributed by atoms with van der Waals surface area (Å²) in [4.78, 5) is 12.4. The van der Waals surface area contributed by atoms with Crippen molar-refractivity contribution in [2.24, 2.45) is 5.92 Å². The van der Waals surface area contributed by atoms with Gasteiger partial charge in [-0.15, -0.1) is 0 Å². The van der Waals surface area contributed by atoms with E-state index in [1.54, 1.807) is 18.2 Å². The van der Waals surface area contributed by atoms with Crippen molar-refractivity contribution in [2.75, 3.05) is 19.7 Å². The molecule has 2 aliphatic heterocycles. The van der Waals surface area contributed by atoms with Crippen LogP contribution in [0.25, 0.3) is 0 Å². The van der Waals surface area contributed by atoms with Gasteiger partial charge < -0.3 is 10.1 Å². The lowest BCUT2D eigenvalue weighted by Gasteiger charge is -2.35. The van der Waals surface area contributed by atoms with Gasteiger partial charge in [0, 0.05) is 19.5 Å². The summed E-state index contributed by atoms with van der Waals surface area (Å²) in [5, 5.41) is 2.77. The van der Waals surface area contributed by atoms with E-state index in [9.17, 15) is 13.2 Å². The first-order valence-electron chi connectivity index (χ1n) is 7.95. The number of nitrogens with zero attached hydrogens (tertiary/aromatic N) is 1. The summed E-state index contributed by atoms with van der Waals surface area (Å²) in [6.07, 6.45) is 1.23. The average Bonchev–Trinajstić information content (AvgIpc) is 2.96. The second-order valence-electron chi connectivity index (χ2n) is 6.42. The third kappa shape index (κ3) is 3.07. The minimum atomic E-state index is -3.69. The highest BCUT2D eigenvalue weighted by molar-refractivity contribution is 7.89. The van der Waals surface area contributed by atoms with Crippen molar-refractivity contribution in [1.82, 2.24) is 9.62 Å². The Morgan fingerprint density at radius 2 is 2.17 bits per heavy atom. The van der Waals surface area contributed by atoms with Crippen molar-refractivity contribution in [1.29, 1.82) is 0 Å². The second kappa shape index (κ2) is 6.13. The van der Waals surface area contributed by atoms with E-state index in [1.807, 2.05) is 13.8 Å². The first-order chi connectivity index (χ1) is 10.9. The zero-order valence-corrected chi connectivity index (χ0v) is 14.2. The maximum Gasteiger partial charge on any atom is 0.243 e. The van der Waals surface area contributed by atoms with Crippen molar-refractivity contribution >= 4 is 15.9 Å². The molecule has 1 fully saturated rings. The number of hydrogen-bond acceptors (Lipinski definition) is 4. The van der Waals surface area contributed by atoms with Crippen LogP contribution in [0.15, 0.2) is 23.1 Å². The van der Waals surface area contributed by atoms with E-state index < -0.39 is 16.1 Å². The standard InChI is InChI=1S/C16H22N2O4S/c1-11(2)9-14-16(19)17-6-7-18(14)23(20,21)13-3-4-15-12(10-13)5-8-22-15/h3-4,10-11,14H,5-9H2,1-2H3,(H,17,19). The number of sulfonamides is 1. The molecule has 1 atom stereocenters. The third-order valence-electron chi connectivity index (χ3n) is 4.24. The van der Waals surface area contributed by atoms with Gasteiger partial charge >= 0.3 is 0 Å². The van der Waals surface area contributed by atoms with E-state index in [1.165, 1.54) is 4.31 Å². The predicted octanol–water partition coefficient (Wildman–Crippen LogP) is 1.16. The van der Waals surface area contributed by atoms with Gasteiger partial charge in [0.15, 0.2) is 0 Å². The zero-order valence-electron chi connectivity index (χ0n) is 13.4. The van der Waals surface area contributed by atoms with Gasteiger partial charge in [-0.05, 0) is 36.1 Å². The van der Waals surface area contributed by atoms with Crippen molar-refractivity contribution in [3.05, 3.63) is 23.8 Å². The molecule has 126 valence electrons. The van der Waals surface area contributed by atoms with Crippen LogP contribution in [0.3, 0.4) is 0 Å². The number of fused-ring (bicyclic) bond motifs is 1. The van der Waals surface area contributed by atoms with Crippen LogP contribution in [-0.4, -0.2) is 44.4 Å². The average molecular weight is 338 g/mol. The Balaban J connectivity index is 1.95. The Morgan fingerprint density at radius 1 is 1.39 bits per heavy atom. The van der Waals surface area contributed by atoms with Crippen molar-refractivity contribution in [2.45, 2.75) is 37.6 Å². The highest BCUT2D eigenvalue weighted by atomic mass is 32.2. The van der Waals surface area contributed by atoms with Gasteiger partial charge in [-0.2, -0.15) is 4.31 Å². The van der Waals surface area contributed by atoms with Gasteiger partial charge in [0.2, 0.25) is 15.9 Å². The van der Waals surface area contributed by atoms with Gasteiger partial charge in [0.1, 0.15) is 11.8 Å². The van der Waals surface area contributed by atoms with Crippen LogP contribution in [-0.2, 0) is 21.2 Å². The Kier molecular flexibility index (Phi) is 4.33. The van der Waals surface area contributed by atoms with E-state index in [0.717, 1.165) is 11.3 Å². The molecule has 0 aromatic heterocycles. The number of ether oxygens (including phenoxy) is 1. The highest BCUT2D eigenvalue weighted by Crippen LogP contribution is 2.30. The SMILES string of the molecule is CC(C)CC1C(=O)NCCN1S(=O)(=O)c1ccc2c(c1)CCO2. The summed E-state index contributed by atoms with van der Waals surface area (Å²) in [7, 11) is -3.69. The van der Waals surface area contributed by atoms with Crippen LogP contribution in [0.2, 0.25) is 0 Å². The topological polar surface area (TPSA) is 75.7 Å². The monoisotopic (exact) mass is 338 g/mol. The minimum absolute atomic E-state index is 0.210. The molecule has 6 nitrogen and oxygen atoms in total. The van der Waals surface area contributed by atoms with Gasteiger partial charge in [-0.3, -0.25) is 4.79 Å². The minimum Gasteiger partial charge on any atom is -0.493 e. The molecule has 1 aromatic rings. The van der Waals surface area contributed by atoms with Gasteiger partial charge in [0.05, 0.1) is 11.5 Å². The van der Waals surface area contributed by atoms with Crippen molar-refractivity contribution in [3.8, 4) is 5.75 Å². The largest absolute Gasteiger partial charge is 0.493 e. The maximum atomic E-state index is 13.0. The number of nitrogens with one attached hydrogen (secondary N) is 1. The maximum absolute atomic E-state index is 13.0. The molecule has 0 aliphatic carbocycles. The molecule has 0 radical (unpaired) electrons. The molecule has 3 rings (SSSR count). The number of benzene rings is 1. The van der Waals surface area contributed by atoms with Crippen molar-refractivity contribution < 1.29 is 17.9 Å². The number of hydrogen-bond donors (Lipinski definition) is 1. The third-order valence-corrected chi connectivity index (χ3v) is 6.15. The quantitative estimate of drug-likeness (QED) is 0.894. The summed E-state index contributed by atoms with van der Waals surface area (Å²) in [5.74, 6) is 0.770. The molecular formula is C16H22N2O4S. The number of amides is 1. The van der Waals surface area contributed by atoms with Crippen LogP contribution >= 0.6 is 0 Å².